The Bertz CT molecular complexity index is 728. The van der Waals surface area contributed by atoms with E-state index in [0.717, 1.165) is 18.5 Å². The van der Waals surface area contributed by atoms with Gasteiger partial charge in [0.1, 0.15) is 6.54 Å². The molecule has 0 unspecified atom stereocenters. The summed E-state index contributed by atoms with van der Waals surface area (Å²) in [4.78, 5) is 28.5. The number of hydrogen-bond acceptors (Lipinski definition) is 5. The molecule has 0 aliphatic carbocycles. The summed E-state index contributed by atoms with van der Waals surface area (Å²) in [6.07, 6.45) is 5.46. The van der Waals surface area contributed by atoms with E-state index in [2.05, 4.69) is 4.98 Å². The fraction of sp³-hybridized carbons (Fsp3) is 0.312. The van der Waals surface area contributed by atoms with Crippen molar-refractivity contribution in [2.24, 2.45) is 0 Å². The molecule has 23 heavy (non-hydrogen) atoms. The summed E-state index contributed by atoms with van der Waals surface area (Å²) in [7, 11) is 1.89. The van der Waals surface area contributed by atoms with Crippen molar-refractivity contribution < 1.29 is 15.0 Å². The average molecular weight is 317 g/mol. The number of hydrogen-bond donors (Lipinski definition) is 2. The summed E-state index contributed by atoms with van der Waals surface area (Å²) in [5, 5.41) is 18.4. The minimum absolute atomic E-state index is 0.304. The van der Waals surface area contributed by atoms with Gasteiger partial charge in [-0.25, -0.2) is 0 Å². The molecule has 7 nitrogen and oxygen atoms in total. The Labute approximate surface area is 133 Å². The van der Waals surface area contributed by atoms with Crippen molar-refractivity contribution >= 4 is 5.97 Å². The van der Waals surface area contributed by atoms with Crippen molar-refractivity contribution in [1.82, 2.24) is 14.5 Å². The third-order valence-electron chi connectivity index (χ3n) is 3.47. The molecule has 2 rings (SSSR count). The molecule has 2 aromatic rings. The minimum Gasteiger partial charge on any atom is -0.503 e. The zero-order chi connectivity index (χ0) is 16.8. The number of aromatic nitrogens is 2. The zero-order valence-electron chi connectivity index (χ0n) is 12.8. The molecule has 0 spiro atoms. The van der Waals surface area contributed by atoms with Crippen molar-refractivity contribution in [3.8, 4) is 5.75 Å². The second-order valence-electron chi connectivity index (χ2n) is 5.38. The Hall–Kier alpha value is -2.67. The lowest BCUT2D eigenvalue weighted by molar-refractivity contribution is -0.137. The fourth-order valence-corrected chi connectivity index (χ4v) is 2.26. The number of aliphatic carboxylic acids is 1. The highest BCUT2D eigenvalue weighted by atomic mass is 16.4. The first-order valence-electron chi connectivity index (χ1n) is 7.17. The Morgan fingerprint density at radius 2 is 2.04 bits per heavy atom. The van der Waals surface area contributed by atoms with Crippen LogP contribution in [0.4, 0.5) is 0 Å². The highest BCUT2D eigenvalue weighted by molar-refractivity contribution is 5.66. The highest BCUT2D eigenvalue weighted by Crippen LogP contribution is 2.08. The summed E-state index contributed by atoms with van der Waals surface area (Å²) < 4.78 is 1.38. The van der Waals surface area contributed by atoms with Gasteiger partial charge in [-0.05, 0) is 31.2 Å². The molecule has 0 amide bonds. The topological polar surface area (TPSA) is 95.7 Å². The molecule has 2 aromatic heterocycles. The molecule has 2 heterocycles. The van der Waals surface area contributed by atoms with E-state index in [-0.39, 0.29) is 6.54 Å². The van der Waals surface area contributed by atoms with E-state index in [1.54, 1.807) is 12.4 Å². The van der Waals surface area contributed by atoms with Gasteiger partial charge in [0, 0.05) is 37.2 Å². The van der Waals surface area contributed by atoms with Crippen LogP contribution < -0.4 is 5.43 Å². The van der Waals surface area contributed by atoms with E-state index in [4.69, 9.17) is 5.11 Å². The third kappa shape index (κ3) is 4.93. The van der Waals surface area contributed by atoms with Crippen LogP contribution in [0.25, 0.3) is 0 Å². The van der Waals surface area contributed by atoms with E-state index in [1.165, 1.54) is 16.8 Å². The van der Waals surface area contributed by atoms with Crippen molar-refractivity contribution in [2.45, 2.75) is 19.5 Å². The lowest BCUT2D eigenvalue weighted by Crippen LogP contribution is -2.25. The van der Waals surface area contributed by atoms with Crippen LogP contribution in [0.15, 0.2) is 41.6 Å². The number of carbonyl (C=O) groups is 1. The number of likely N-dealkylation sites (N-methyl/N-ethyl adjacent to an activating group) is 1. The monoisotopic (exact) mass is 317 g/mol. The first-order chi connectivity index (χ1) is 11.0. The molecule has 122 valence electrons. The number of nitrogens with zero attached hydrogens (tertiary/aromatic N) is 3. The Morgan fingerprint density at radius 1 is 1.35 bits per heavy atom. The molecule has 0 radical (unpaired) electrons. The molecular formula is C16H19N3O4. The van der Waals surface area contributed by atoms with Crippen LogP contribution in [0, 0.1) is 0 Å². The number of pyridine rings is 2. The second-order valence-corrected chi connectivity index (χ2v) is 5.38. The molecule has 0 saturated carbocycles. The molecule has 0 aliphatic heterocycles. The molecule has 0 fully saturated rings. The quantitative estimate of drug-likeness (QED) is 0.781. The molecule has 0 aromatic carbocycles. The van der Waals surface area contributed by atoms with E-state index < -0.39 is 17.1 Å². The zero-order valence-corrected chi connectivity index (χ0v) is 12.8. The Balaban J connectivity index is 2.07. The number of carboxylic acid groups (broad SMARTS) is 1. The van der Waals surface area contributed by atoms with Crippen molar-refractivity contribution in [2.75, 3.05) is 13.6 Å². The molecule has 0 bridgehead atoms. The molecule has 0 aliphatic rings. The second kappa shape index (κ2) is 7.55. The minimum atomic E-state index is -1.03. The van der Waals surface area contributed by atoms with Crippen molar-refractivity contribution in [3.63, 3.8) is 0 Å². The summed E-state index contributed by atoms with van der Waals surface area (Å²) >= 11 is 0. The van der Waals surface area contributed by atoms with Gasteiger partial charge in [0.05, 0.1) is 6.20 Å². The van der Waals surface area contributed by atoms with Crippen LogP contribution in [-0.4, -0.2) is 44.2 Å². The highest BCUT2D eigenvalue weighted by Gasteiger charge is 2.11. The van der Waals surface area contributed by atoms with E-state index in [1.807, 2.05) is 24.1 Å². The number of carboxylic acids is 1. The SMILES string of the molecule is CN(CCc1ccncc1)Cc1cc(=O)c(O)cn1CC(=O)O. The maximum absolute atomic E-state index is 11.6. The van der Waals surface area contributed by atoms with Gasteiger partial charge in [-0.2, -0.15) is 0 Å². The maximum atomic E-state index is 11.6. The summed E-state index contributed by atoms with van der Waals surface area (Å²) in [5.74, 6) is -1.48. The predicted molar refractivity (Wildman–Crippen MR) is 84.3 cm³/mol. The standard InChI is InChI=1S/C16H19N3O4/c1-18(7-4-12-2-5-17-6-3-12)9-13-8-14(20)15(21)10-19(13)11-16(22)23/h2-3,5-6,8,10,21H,4,7,9,11H2,1H3,(H,22,23). The van der Waals surface area contributed by atoms with Gasteiger partial charge in [-0.3, -0.25) is 14.6 Å². The maximum Gasteiger partial charge on any atom is 0.323 e. The lowest BCUT2D eigenvalue weighted by atomic mass is 10.2. The predicted octanol–water partition coefficient (Wildman–Crippen LogP) is 0.708. The normalized spacial score (nSPS) is 10.9. The first-order valence-corrected chi connectivity index (χ1v) is 7.17. The summed E-state index contributed by atoms with van der Waals surface area (Å²) in [6, 6.07) is 5.16. The van der Waals surface area contributed by atoms with Crippen LogP contribution in [0.3, 0.4) is 0 Å². The molecule has 0 atom stereocenters. The van der Waals surface area contributed by atoms with Gasteiger partial charge >= 0.3 is 5.97 Å². The van der Waals surface area contributed by atoms with E-state index in [0.29, 0.717) is 12.2 Å². The Kier molecular flexibility index (Phi) is 5.48. The lowest BCUT2D eigenvalue weighted by Gasteiger charge is -2.19. The number of aromatic hydroxyl groups is 1. The van der Waals surface area contributed by atoms with Crippen LogP contribution in [0.1, 0.15) is 11.3 Å². The molecule has 0 saturated heterocycles. The van der Waals surface area contributed by atoms with Crippen LogP contribution in [0.2, 0.25) is 0 Å². The molecule has 2 N–H and O–H groups in total. The van der Waals surface area contributed by atoms with Gasteiger partial charge in [0.2, 0.25) is 5.43 Å². The van der Waals surface area contributed by atoms with Gasteiger partial charge in [-0.15, -0.1) is 0 Å². The summed E-state index contributed by atoms with van der Waals surface area (Å²) in [6.45, 7) is 0.849. The van der Waals surface area contributed by atoms with Crippen molar-refractivity contribution in [1.29, 1.82) is 0 Å². The van der Waals surface area contributed by atoms with Crippen LogP contribution >= 0.6 is 0 Å². The largest absolute Gasteiger partial charge is 0.503 e. The Morgan fingerprint density at radius 3 is 2.70 bits per heavy atom. The number of rotatable bonds is 7. The van der Waals surface area contributed by atoms with Gasteiger partial charge in [0.25, 0.3) is 0 Å². The van der Waals surface area contributed by atoms with Gasteiger partial charge in [-0.1, -0.05) is 0 Å². The molecular weight excluding hydrogens is 298 g/mol. The summed E-state index contributed by atoms with van der Waals surface area (Å²) in [5.41, 5.74) is 1.19. The van der Waals surface area contributed by atoms with E-state index in [9.17, 15) is 14.7 Å². The van der Waals surface area contributed by atoms with Crippen LogP contribution in [0.5, 0.6) is 5.75 Å². The molecule has 7 heteroatoms. The van der Waals surface area contributed by atoms with Gasteiger partial charge in [0.15, 0.2) is 5.75 Å². The van der Waals surface area contributed by atoms with Crippen LogP contribution in [-0.2, 0) is 24.3 Å². The average Bonchev–Trinajstić information content (AvgIpc) is 2.51. The smallest absolute Gasteiger partial charge is 0.323 e. The van der Waals surface area contributed by atoms with Crippen molar-refractivity contribution in [3.05, 3.63) is 58.3 Å². The van der Waals surface area contributed by atoms with E-state index >= 15 is 0 Å². The third-order valence-corrected chi connectivity index (χ3v) is 3.47. The fourth-order valence-electron chi connectivity index (χ4n) is 2.26. The first kappa shape index (κ1) is 16.7. The van der Waals surface area contributed by atoms with Gasteiger partial charge < -0.3 is 19.7 Å².